The Hall–Kier alpha value is -1.50. The predicted octanol–water partition coefficient (Wildman–Crippen LogP) is 3.00. The second-order valence-electron chi connectivity index (χ2n) is 4.89. The van der Waals surface area contributed by atoms with Crippen LogP contribution in [0.4, 0.5) is 0 Å². The van der Waals surface area contributed by atoms with Crippen molar-refractivity contribution in [3.05, 3.63) is 12.4 Å². The Morgan fingerprint density at radius 2 is 2.29 bits per heavy atom. The Labute approximate surface area is 103 Å². The minimum atomic E-state index is -0.254. The first kappa shape index (κ1) is 13.6. The summed E-state index contributed by atoms with van der Waals surface area (Å²) in [4.78, 5) is 0. The first-order valence-electron chi connectivity index (χ1n) is 6.14. The summed E-state index contributed by atoms with van der Waals surface area (Å²) >= 11 is 0. The van der Waals surface area contributed by atoms with Crippen molar-refractivity contribution in [3.63, 3.8) is 0 Å². The SMILES string of the molecule is CCCn1cc(OCCCC(C)(C)C#N)cn1. The van der Waals surface area contributed by atoms with Crippen LogP contribution in [-0.4, -0.2) is 16.4 Å². The molecule has 1 aromatic heterocycles. The molecule has 17 heavy (non-hydrogen) atoms. The van der Waals surface area contributed by atoms with Crippen molar-refractivity contribution in [2.75, 3.05) is 6.61 Å². The maximum atomic E-state index is 8.87. The number of hydrogen-bond donors (Lipinski definition) is 0. The van der Waals surface area contributed by atoms with E-state index in [0.717, 1.165) is 31.6 Å². The molecule has 0 saturated heterocycles. The average molecular weight is 235 g/mol. The molecular weight excluding hydrogens is 214 g/mol. The molecule has 0 aliphatic carbocycles. The van der Waals surface area contributed by atoms with Crippen LogP contribution in [0.1, 0.15) is 40.0 Å². The molecule has 0 bridgehead atoms. The molecule has 94 valence electrons. The highest BCUT2D eigenvalue weighted by Crippen LogP contribution is 2.20. The van der Waals surface area contributed by atoms with Crippen LogP contribution in [0.5, 0.6) is 5.75 Å². The van der Waals surface area contributed by atoms with Crippen LogP contribution < -0.4 is 4.74 Å². The van der Waals surface area contributed by atoms with Crippen molar-refractivity contribution in [3.8, 4) is 11.8 Å². The van der Waals surface area contributed by atoms with Gasteiger partial charge in [-0.1, -0.05) is 6.92 Å². The molecule has 0 atom stereocenters. The van der Waals surface area contributed by atoms with Crippen LogP contribution in [0.3, 0.4) is 0 Å². The van der Waals surface area contributed by atoms with Crippen molar-refractivity contribution in [2.45, 2.75) is 46.6 Å². The summed E-state index contributed by atoms with van der Waals surface area (Å²) in [6.07, 6.45) is 6.47. The van der Waals surface area contributed by atoms with Gasteiger partial charge in [-0.25, -0.2) is 0 Å². The molecule has 0 radical (unpaired) electrons. The zero-order chi connectivity index (χ0) is 12.7. The van der Waals surface area contributed by atoms with Gasteiger partial charge in [-0.3, -0.25) is 4.68 Å². The van der Waals surface area contributed by atoms with E-state index in [9.17, 15) is 0 Å². The first-order valence-corrected chi connectivity index (χ1v) is 6.14. The van der Waals surface area contributed by atoms with Gasteiger partial charge in [0.25, 0.3) is 0 Å². The van der Waals surface area contributed by atoms with E-state index in [1.165, 1.54) is 0 Å². The number of nitriles is 1. The summed E-state index contributed by atoms with van der Waals surface area (Å²) in [5.41, 5.74) is -0.254. The van der Waals surface area contributed by atoms with Crippen LogP contribution in [0.25, 0.3) is 0 Å². The van der Waals surface area contributed by atoms with Gasteiger partial charge in [0.05, 0.1) is 30.5 Å². The van der Waals surface area contributed by atoms with Gasteiger partial charge in [0.1, 0.15) is 0 Å². The lowest BCUT2D eigenvalue weighted by molar-refractivity contribution is 0.284. The van der Waals surface area contributed by atoms with Crippen LogP contribution >= 0.6 is 0 Å². The monoisotopic (exact) mass is 235 g/mol. The van der Waals surface area contributed by atoms with Crippen molar-refractivity contribution < 1.29 is 4.74 Å². The van der Waals surface area contributed by atoms with Gasteiger partial charge >= 0.3 is 0 Å². The minimum Gasteiger partial charge on any atom is -0.490 e. The van der Waals surface area contributed by atoms with E-state index in [-0.39, 0.29) is 5.41 Å². The Bertz CT molecular complexity index is 376. The molecule has 0 saturated carbocycles. The third-order valence-corrected chi connectivity index (χ3v) is 2.58. The molecular formula is C13H21N3O. The van der Waals surface area contributed by atoms with Crippen molar-refractivity contribution in [1.82, 2.24) is 9.78 Å². The highest BCUT2D eigenvalue weighted by atomic mass is 16.5. The van der Waals surface area contributed by atoms with Gasteiger partial charge in [0, 0.05) is 6.54 Å². The molecule has 0 spiro atoms. The largest absolute Gasteiger partial charge is 0.490 e. The van der Waals surface area contributed by atoms with E-state index in [2.05, 4.69) is 18.1 Å². The summed E-state index contributed by atoms with van der Waals surface area (Å²) in [5.74, 6) is 0.813. The smallest absolute Gasteiger partial charge is 0.157 e. The molecule has 0 fully saturated rings. The molecule has 0 aromatic carbocycles. The lowest BCUT2D eigenvalue weighted by atomic mass is 9.90. The molecule has 0 aliphatic heterocycles. The average Bonchev–Trinajstić information content (AvgIpc) is 2.73. The Kier molecular flexibility index (Phi) is 5.02. The molecule has 1 aromatic rings. The number of hydrogen-bond acceptors (Lipinski definition) is 3. The maximum absolute atomic E-state index is 8.87. The molecule has 4 nitrogen and oxygen atoms in total. The van der Waals surface area contributed by atoms with Gasteiger partial charge in [-0.15, -0.1) is 0 Å². The fraction of sp³-hybridized carbons (Fsp3) is 0.692. The number of ether oxygens (including phenoxy) is 1. The lowest BCUT2D eigenvalue weighted by Gasteiger charge is -2.14. The van der Waals surface area contributed by atoms with E-state index >= 15 is 0 Å². The van der Waals surface area contributed by atoms with Gasteiger partial charge < -0.3 is 4.74 Å². The Balaban J connectivity index is 2.24. The second-order valence-corrected chi connectivity index (χ2v) is 4.89. The van der Waals surface area contributed by atoms with Crippen molar-refractivity contribution >= 4 is 0 Å². The van der Waals surface area contributed by atoms with Gasteiger partial charge in [-0.05, 0) is 33.1 Å². The van der Waals surface area contributed by atoms with E-state index in [4.69, 9.17) is 10.00 Å². The van der Waals surface area contributed by atoms with Gasteiger partial charge in [0.2, 0.25) is 0 Å². The molecule has 0 unspecified atom stereocenters. The minimum absolute atomic E-state index is 0.254. The summed E-state index contributed by atoms with van der Waals surface area (Å²) in [6.45, 7) is 7.58. The van der Waals surface area contributed by atoms with Crippen molar-refractivity contribution in [2.24, 2.45) is 5.41 Å². The van der Waals surface area contributed by atoms with E-state index in [0.29, 0.717) is 6.61 Å². The summed E-state index contributed by atoms with van der Waals surface area (Å²) in [5, 5.41) is 13.1. The van der Waals surface area contributed by atoms with Gasteiger partial charge in [0.15, 0.2) is 5.75 Å². The number of aromatic nitrogens is 2. The normalized spacial score (nSPS) is 11.2. The van der Waals surface area contributed by atoms with Crippen LogP contribution in [0, 0.1) is 16.7 Å². The summed E-state index contributed by atoms with van der Waals surface area (Å²) in [7, 11) is 0. The molecule has 4 heteroatoms. The number of rotatable bonds is 7. The highest BCUT2D eigenvalue weighted by molar-refractivity contribution is 5.11. The first-order chi connectivity index (χ1) is 8.07. The second kappa shape index (κ2) is 6.29. The van der Waals surface area contributed by atoms with Crippen LogP contribution in [0.2, 0.25) is 0 Å². The molecule has 0 amide bonds. The van der Waals surface area contributed by atoms with Gasteiger partial charge in [-0.2, -0.15) is 10.4 Å². The van der Waals surface area contributed by atoms with E-state index < -0.39 is 0 Å². The molecule has 0 aliphatic rings. The van der Waals surface area contributed by atoms with Crippen LogP contribution in [0.15, 0.2) is 12.4 Å². The van der Waals surface area contributed by atoms with Crippen LogP contribution in [-0.2, 0) is 6.54 Å². The fourth-order valence-corrected chi connectivity index (χ4v) is 1.53. The Morgan fingerprint density at radius 1 is 1.53 bits per heavy atom. The van der Waals surface area contributed by atoms with E-state index in [1.54, 1.807) is 6.20 Å². The summed E-state index contributed by atoms with van der Waals surface area (Å²) < 4.78 is 7.46. The molecule has 0 N–H and O–H groups in total. The fourth-order valence-electron chi connectivity index (χ4n) is 1.53. The zero-order valence-corrected chi connectivity index (χ0v) is 10.9. The third kappa shape index (κ3) is 4.90. The van der Waals surface area contributed by atoms with E-state index in [1.807, 2.05) is 24.7 Å². The topological polar surface area (TPSA) is 50.8 Å². The molecule has 1 rings (SSSR count). The lowest BCUT2D eigenvalue weighted by Crippen LogP contribution is -2.09. The quantitative estimate of drug-likeness (QED) is 0.683. The zero-order valence-electron chi connectivity index (χ0n) is 10.9. The highest BCUT2D eigenvalue weighted by Gasteiger charge is 2.15. The summed E-state index contributed by atoms with van der Waals surface area (Å²) in [6, 6.07) is 2.29. The maximum Gasteiger partial charge on any atom is 0.157 e. The van der Waals surface area contributed by atoms with Crippen molar-refractivity contribution in [1.29, 1.82) is 5.26 Å². The predicted molar refractivity (Wildman–Crippen MR) is 66.6 cm³/mol. The Morgan fingerprint density at radius 3 is 2.94 bits per heavy atom. The number of nitrogens with zero attached hydrogens (tertiary/aromatic N) is 3. The standard InChI is InChI=1S/C13H21N3O/c1-4-7-16-10-12(9-15-16)17-8-5-6-13(2,3)11-14/h9-10H,4-8H2,1-3H3. The third-order valence-electron chi connectivity index (χ3n) is 2.58. The number of aryl methyl sites for hydroxylation is 1. The molecule has 1 heterocycles.